The molecule has 3 rings (SSSR count). The van der Waals surface area contributed by atoms with Crippen molar-refractivity contribution < 1.29 is 9.53 Å². The van der Waals surface area contributed by atoms with Crippen LogP contribution in [-0.4, -0.2) is 27.6 Å². The Kier molecular flexibility index (Phi) is 4.63. The number of nitrogens with zero attached hydrogens (tertiary/aromatic N) is 3. The quantitative estimate of drug-likeness (QED) is 0.777. The van der Waals surface area contributed by atoms with Gasteiger partial charge in [0.25, 0.3) is 5.91 Å². The van der Waals surface area contributed by atoms with Crippen LogP contribution < -0.4 is 5.32 Å². The SMILES string of the molecule is CO[C@@](C)(C(=O)Nc1ccc(-n2ccnc2C)nc1)c1ccccc1. The van der Waals surface area contributed by atoms with E-state index in [-0.39, 0.29) is 5.91 Å². The summed E-state index contributed by atoms with van der Waals surface area (Å²) in [6, 6.07) is 13.0. The minimum absolute atomic E-state index is 0.255. The lowest BCUT2D eigenvalue weighted by Gasteiger charge is -2.27. The topological polar surface area (TPSA) is 69.0 Å². The molecule has 1 atom stereocenters. The maximum Gasteiger partial charge on any atom is 0.261 e. The minimum atomic E-state index is -1.08. The molecule has 6 nitrogen and oxygen atoms in total. The Morgan fingerprint density at radius 3 is 2.48 bits per heavy atom. The Morgan fingerprint density at radius 2 is 1.92 bits per heavy atom. The largest absolute Gasteiger partial charge is 0.364 e. The van der Waals surface area contributed by atoms with Gasteiger partial charge in [0.2, 0.25) is 0 Å². The standard InChI is InChI=1S/C19H20N4O2/c1-14-20-11-12-23(14)17-10-9-16(13-21-17)22-18(24)19(2,25-3)15-7-5-4-6-8-15/h4-13H,1-3H3,(H,22,24)/t19-/m1/s1. The first-order valence-corrected chi connectivity index (χ1v) is 7.93. The zero-order chi connectivity index (χ0) is 17.9. The first-order valence-electron chi connectivity index (χ1n) is 7.93. The van der Waals surface area contributed by atoms with E-state index in [1.165, 1.54) is 7.11 Å². The summed E-state index contributed by atoms with van der Waals surface area (Å²) in [6.07, 6.45) is 5.18. The molecule has 1 amide bonds. The molecule has 3 aromatic rings. The number of imidazole rings is 1. The van der Waals surface area contributed by atoms with Gasteiger partial charge in [0.1, 0.15) is 11.6 Å². The summed E-state index contributed by atoms with van der Waals surface area (Å²) in [5, 5.41) is 2.87. The van der Waals surface area contributed by atoms with Crippen molar-refractivity contribution in [3.8, 4) is 5.82 Å². The van der Waals surface area contributed by atoms with E-state index in [2.05, 4.69) is 15.3 Å². The second-order valence-corrected chi connectivity index (χ2v) is 5.81. The Balaban J connectivity index is 1.79. The van der Waals surface area contributed by atoms with Gasteiger partial charge in [-0.15, -0.1) is 0 Å². The van der Waals surface area contributed by atoms with Gasteiger partial charge < -0.3 is 10.1 Å². The van der Waals surface area contributed by atoms with Crippen LogP contribution in [0.2, 0.25) is 0 Å². The van der Waals surface area contributed by atoms with Gasteiger partial charge in [-0.1, -0.05) is 30.3 Å². The molecule has 128 valence electrons. The van der Waals surface area contributed by atoms with E-state index in [9.17, 15) is 4.79 Å². The van der Waals surface area contributed by atoms with E-state index in [1.807, 2.05) is 54.1 Å². The molecule has 0 unspecified atom stereocenters. The number of carbonyl (C=O) groups excluding carboxylic acids is 1. The number of aromatic nitrogens is 3. The van der Waals surface area contributed by atoms with E-state index < -0.39 is 5.60 Å². The van der Waals surface area contributed by atoms with Crippen molar-refractivity contribution >= 4 is 11.6 Å². The zero-order valence-electron chi connectivity index (χ0n) is 14.4. The molecule has 0 aliphatic heterocycles. The molecular weight excluding hydrogens is 316 g/mol. The Bertz CT molecular complexity index is 859. The Morgan fingerprint density at radius 1 is 1.16 bits per heavy atom. The number of hydrogen-bond acceptors (Lipinski definition) is 4. The average molecular weight is 336 g/mol. The fourth-order valence-electron chi connectivity index (χ4n) is 2.57. The number of amides is 1. The van der Waals surface area contributed by atoms with Crippen molar-refractivity contribution in [2.45, 2.75) is 19.4 Å². The molecule has 0 radical (unpaired) electrons. The molecule has 1 N–H and O–H groups in total. The van der Waals surface area contributed by atoms with Gasteiger partial charge in [-0.3, -0.25) is 9.36 Å². The number of hydrogen-bond donors (Lipinski definition) is 1. The lowest BCUT2D eigenvalue weighted by atomic mass is 9.94. The fourth-order valence-corrected chi connectivity index (χ4v) is 2.57. The number of pyridine rings is 1. The molecule has 2 heterocycles. The lowest BCUT2D eigenvalue weighted by molar-refractivity contribution is -0.136. The molecular formula is C19H20N4O2. The maximum atomic E-state index is 12.8. The van der Waals surface area contributed by atoms with Crippen molar-refractivity contribution in [1.82, 2.24) is 14.5 Å². The van der Waals surface area contributed by atoms with Crippen LogP contribution in [0.4, 0.5) is 5.69 Å². The van der Waals surface area contributed by atoms with E-state index in [4.69, 9.17) is 4.74 Å². The van der Waals surface area contributed by atoms with Crippen LogP contribution in [0.25, 0.3) is 5.82 Å². The minimum Gasteiger partial charge on any atom is -0.364 e. The Hall–Kier alpha value is -2.99. The highest BCUT2D eigenvalue weighted by Gasteiger charge is 2.35. The number of methoxy groups -OCH3 is 1. The fraction of sp³-hybridized carbons (Fsp3) is 0.211. The number of aryl methyl sites for hydroxylation is 1. The molecule has 0 spiro atoms. The van der Waals surface area contributed by atoms with E-state index >= 15 is 0 Å². The second kappa shape index (κ2) is 6.86. The van der Waals surface area contributed by atoms with E-state index in [1.54, 1.807) is 25.4 Å². The number of ether oxygens (including phenoxy) is 1. The average Bonchev–Trinajstić information content (AvgIpc) is 3.08. The van der Waals surface area contributed by atoms with Gasteiger partial charge in [0, 0.05) is 19.5 Å². The summed E-state index contributed by atoms with van der Waals surface area (Å²) in [5.41, 5.74) is 0.306. The summed E-state index contributed by atoms with van der Waals surface area (Å²) in [4.78, 5) is 21.3. The molecule has 0 bridgehead atoms. The third-order valence-electron chi connectivity index (χ3n) is 4.24. The first kappa shape index (κ1) is 16.9. The summed E-state index contributed by atoms with van der Waals surface area (Å²) < 4.78 is 7.38. The van der Waals surface area contributed by atoms with E-state index in [0.29, 0.717) is 5.69 Å². The van der Waals surface area contributed by atoms with Gasteiger partial charge in [-0.2, -0.15) is 0 Å². The van der Waals surface area contributed by atoms with Crippen molar-refractivity contribution in [2.24, 2.45) is 0 Å². The summed E-state index contributed by atoms with van der Waals surface area (Å²) in [6.45, 7) is 3.65. The van der Waals surface area contributed by atoms with E-state index in [0.717, 1.165) is 17.2 Å². The molecule has 1 aromatic carbocycles. The number of carbonyl (C=O) groups is 1. The molecule has 0 aliphatic rings. The van der Waals surface area contributed by atoms with Crippen molar-refractivity contribution in [3.05, 3.63) is 72.4 Å². The maximum absolute atomic E-state index is 12.8. The molecule has 6 heteroatoms. The normalized spacial score (nSPS) is 13.2. The zero-order valence-corrected chi connectivity index (χ0v) is 14.4. The third-order valence-corrected chi connectivity index (χ3v) is 4.24. The number of nitrogens with one attached hydrogen (secondary N) is 1. The number of rotatable bonds is 5. The second-order valence-electron chi connectivity index (χ2n) is 5.81. The van der Waals surface area contributed by atoms with Crippen molar-refractivity contribution in [3.63, 3.8) is 0 Å². The summed E-state index contributed by atoms with van der Waals surface area (Å²) in [7, 11) is 1.52. The van der Waals surface area contributed by atoms with Crippen LogP contribution in [0.5, 0.6) is 0 Å². The monoisotopic (exact) mass is 336 g/mol. The van der Waals surface area contributed by atoms with Gasteiger partial charge in [-0.25, -0.2) is 9.97 Å². The van der Waals surface area contributed by atoms with Crippen molar-refractivity contribution in [2.75, 3.05) is 12.4 Å². The molecule has 0 fully saturated rings. The van der Waals surface area contributed by atoms with Crippen LogP contribution in [0, 0.1) is 6.92 Å². The molecule has 2 aromatic heterocycles. The first-order chi connectivity index (χ1) is 12.0. The molecule has 0 saturated carbocycles. The predicted octanol–water partition coefficient (Wildman–Crippen LogP) is 3.08. The number of anilines is 1. The van der Waals surface area contributed by atoms with Crippen LogP contribution >= 0.6 is 0 Å². The highest BCUT2D eigenvalue weighted by atomic mass is 16.5. The van der Waals surface area contributed by atoms with Gasteiger partial charge >= 0.3 is 0 Å². The lowest BCUT2D eigenvalue weighted by Crippen LogP contribution is -2.39. The molecule has 0 aliphatic carbocycles. The van der Waals surface area contributed by atoms with Crippen LogP contribution in [0.1, 0.15) is 18.3 Å². The van der Waals surface area contributed by atoms with Gasteiger partial charge in [0.15, 0.2) is 5.60 Å². The smallest absolute Gasteiger partial charge is 0.261 e. The summed E-state index contributed by atoms with van der Waals surface area (Å²) >= 11 is 0. The molecule has 25 heavy (non-hydrogen) atoms. The van der Waals surface area contributed by atoms with Gasteiger partial charge in [-0.05, 0) is 31.5 Å². The number of benzene rings is 1. The molecule has 0 saturated heterocycles. The third kappa shape index (κ3) is 3.29. The highest BCUT2D eigenvalue weighted by molar-refractivity contribution is 5.97. The predicted molar refractivity (Wildman–Crippen MR) is 95.5 cm³/mol. The Labute approximate surface area is 146 Å². The van der Waals surface area contributed by atoms with Crippen LogP contribution in [0.3, 0.4) is 0 Å². The van der Waals surface area contributed by atoms with Crippen LogP contribution in [0.15, 0.2) is 61.1 Å². The van der Waals surface area contributed by atoms with Crippen molar-refractivity contribution in [1.29, 1.82) is 0 Å². The summed E-state index contributed by atoms with van der Waals surface area (Å²) in [5.74, 6) is 1.33. The highest BCUT2D eigenvalue weighted by Crippen LogP contribution is 2.26. The van der Waals surface area contributed by atoms with Gasteiger partial charge in [0.05, 0.1) is 11.9 Å². The van der Waals surface area contributed by atoms with Crippen LogP contribution in [-0.2, 0) is 15.1 Å².